The molecule has 0 radical (unpaired) electrons. The summed E-state index contributed by atoms with van der Waals surface area (Å²) in [6, 6.07) is 0. The highest BCUT2D eigenvalue weighted by atomic mass is 31.2. The minimum atomic E-state index is -4.55. The Labute approximate surface area is 438 Å². The number of hydrogen-bond donors (Lipinski definition) is 0. The van der Waals surface area contributed by atoms with Gasteiger partial charge in [0.1, 0.15) is 19.3 Å². The van der Waals surface area contributed by atoms with Gasteiger partial charge in [-0.05, 0) is 96.3 Å². The van der Waals surface area contributed by atoms with Gasteiger partial charge in [0.05, 0.1) is 34.4 Å². The molecule has 0 aromatic heterocycles. The van der Waals surface area contributed by atoms with Crippen molar-refractivity contribution in [1.82, 2.24) is 0 Å². The van der Waals surface area contributed by atoms with Gasteiger partial charge in [0, 0.05) is 13.0 Å². The monoisotopic (exact) mass is 1010 g/mol. The third-order valence-corrected chi connectivity index (χ3v) is 13.1. The Bertz CT molecular complexity index is 1460. The first-order chi connectivity index (χ1) is 34.6. The van der Waals surface area contributed by atoms with E-state index in [0.29, 0.717) is 24.1 Å². The number of quaternary nitrogens is 1. The van der Waals surface area contributed by atoms with Crippen molar-refractivity contribution in [3.05, 3.63) is 97.2 Å². The molecule has 8 nitrogen and oxygen atoms in total. The van der Waals surface area contributed by atoms with Crippen LogP contribution in [0, 0.1) is 0 Å². The minimum Gasteiger partial charge on any atom is -0.756 e. The number of rotatable bonds is 53. The number of phosphoric ester groups is 1. The molecule has 0 spiro atoms. The average Bonchev–Trinajstić information content (AvgIpc) is 3.33. The van der Waals surface area contributed by atoms with Crippen LogP contribution in [0.1, 0.15) is 232 Å². The summed E-state index contributed by atoms with van der Waals surface area (Å²) in [7, 11) is 1.34. The van der Waals surface area contributed by atoms with E-state index in [1.165, 1.54) is 128 Å². The van der Waals surface area contributed by atoms with Crippen molar-refractivity contribution in [2.24, 2.45) is 0 Å². The predicted molar refractivity (Wildman–Crippen MR) is 305 cm³/mol. The molecule has 0 saturated heterocycles. The van der Waals surface area contributed by atoms with Crippen LogP contribution < -0.4 is 4.89 Å². The number of esters is 1. The maximum atomic E-state index is 12.8. The lowest BCUT2D eigenvalue weighted by atomic mass is 10.1. The summed E-state index contributed by atoms with van der Waals surface area (Å²) >= 11 is 0. The van der Waals surface area contributed by atoms with Gasteiger partial charge in [-0.3, -0.25) is 9.36 Å². The highest BCUT2D eigenvalue weighted by Crippen LogP contribution is 2.38. The fourth-order valence-corrected chi connectivity index (χ4v) is 8.43. The van der Waals surface area contributed by atoms with E-state index in [0.717, 1.165) is 83.5 Å². The number of unbranched alkanes of at least 4 members (excludes halogenated alkanes) is 23. The first kappa shape index (κ1) is 68.4. The van der Waals surface area contributed by atoms with E-state index in [1.807, 2.05) is 21.1 Å². The normalized spacial score (nSPS) is 14.2. The lowest BCUT2D eigenvalue weighted by Gasteiger charge is -2.28. The molecule has 410 valence electrons. The third-order valence-electron chi connectivity index (χ3n) is 12.1. The number of phosphoric acid groups is 1. The molecule has 71 heavy (non-hydrogen) atoms. The van der Waals surface area contributed by atoms with Gasteiger partial charge in [-0.25, -0.2) is 0 Å². The highest BCUT2D eigenvalue weighted by Gasteiger charge is 2.20. The number of likely N-dealkylation sites (N-methyl/N-ethyl adjacent to an activating group) is 1. The second-order valence-electron chi connectivity index (χ2n) is 20.3. The Hall–Kier alpha value is -2.58. The number of carbonyl (C=O) groups is 1. The zero-order valence-corrected chi connectivity index (χ0v) is 47.5. The summed E-state index contributed by atoms with van der Waals surface area (Å²) in [5.41, 5.74) is 0. The number of nitrogens with zero attached hydrogens (tertiary/aromatic N) is 1. The van der Waals surface area contributed by atoms with Crippen LogP contribution in [0.4, 0.5) is 0 Å². The van der Waals surface area contributed by atoms with Gasteiger partial charge < -0.3 is 27.9 Å². The van der Waals surface area contributed by atoms with Crippen LogP contribution in [0.5, 0.6) is 0 Å². The fraction of sp³-hybridized carbons (Fsp3) is 0.726. The first-order valence-electron chi connectivity index (χ1n) is 29.0. The van der Waals surface area contributed by atoms with E-state index in [-0.39, 0.29) is 25.8 Å². The van der Waals surface area contributed by atoms with E-state index in [1.54, 1.807) is 0 Å². The summed E-state index contributed by atoms with van der Waals surface area (Å²) in [6.07, 6.45) is 74.4. The molecule has 0 rings (SSSR count). The highest BCUT2D eigenvalue weighted by molar-refractivity contribution is 7.45. The van der Waals surface area contributed by atoms with Crippen LogP contribution >= 0.6 is 7.82 Å². The van der Waals surface area contributed by atoms with Gasteiger partial charge >= 0.3 is 5.97 Å². The van der Waals surface area contributed by atoms with Gasteiger partial charge in [0.25, 0.3) is 7.82 Å². The number of ether oxygens (including phenoxy) is 2. The molecule has 0 saturated carbocycles. The summed E-state index contributed by atoms with van der Waals surface area (Å²) in [5, 5.41) is 0. The molecule has 0 aliphatic heterocycles. The molecule has 0 bridgehead atoms. The van der Waals surface area contributed by atoms with Crippen LogP contribution in [0.15, 0.2) is 97.2 Å². The van der Waals surface area contributed by atoms with Crippen molar-refractivity contribution >= 4 is 13.8 Å². The zero-order chi connectivity index (χ0) is 51.9. The number of allylic oxidation sites excluding steroid dienone is 16. The summed E-state index contributed by atoms with van der Waals surface area (Å²) in [6.45, 7) is 5.27. The lowest BCUT2D eigenvalue weighted by molar-refractivity contribution is -0.870. The lowest BCUT2D eigenvalue weighted by Crippen LogP contribution is -2.37. The van der Waals surface area contributed by atoms with Crippen molar-refractivity contribution in [2.45, 2.75) is 238 Å². The Balaban J connectivity index is 4.13. The SMILES string of the molecule is CC/C=C\C/C=C\C/C=C\C/C=C\C/C=C\CCCCCCCCCCCCOCC(COP(=O)([O-])OCC[N+](C)(C)C)OC(=O)CCCCCCCCCC/C=C\C/C=C\C/C=C\CCCCCCC. The second-order valence-corrected chi connectivity index (χ2v) is 21.7. The second kappa shape index (κ2) is 53.7. The van der Waals surface area contributed by atoms with E-state index < -0.39 is 13.9 Å². The third kappa shape index (κ3) is 58.2. The summed E-state index contributed by atoms with van der Waals surface area (Å²) in [5.74, 6) is -0.344. The molecule has 0 heterocycles. The Morgan fingerprint density at radius 3 is 1.23 bits per heavy atom. The predicted octanol–water partition coefficient (Wildman–Crippen LogP) is 17.9. The van der Waals surface area contributed by atoms with Gasteiger partial charge in [-0.2, -0.15) is 0 Å². The van der Waals surface area contributed by atoms with Gasteiger partial charge in [-0.1, -0.05) is 227 Å². The molecule has 0 fully saturated rings. The molecule has 0 aliphatic carbocycles. The maximum absolute atomic E-state index is 12.8. The van der Waals surface area contributed by atoms with Crippen molar-refractivity contribution in [1.29, 1.82) is 0 Å². The number of carbonyl (C=O) groups excluding carboxylic acids is 1. The molecule has 9 heteroatoms. The molecule has 2 atom stereocenters. The smallest absolute Gasteiger partial charge is 0.306 e. The largest absolute Gasteiger partial charge is 0.756 e. The van der Waals surface area contributed by atoms with Crippen molar-refractivity contribution in [3.63, 3.8) is 0 Å². The molecule has 2 unspecified atom stereocenters. The van der Waals surface area contributed by atoms with Crippen molar-refractivity contribution < 1.29 is 37.3 Å². The molecule has 0 N–H and O–H groups in total. The zero-order valence-electron chi connectivity index (χ0n) is 46.6. The van der Waals surface area contributed by atoms with E-state index in [4.69, 9.17) is 18.5 Å². The van der Waals surface area contributed by atoms with Gasteiger partial charge in [-0.15, -0.1) is 0 Å². The van der Waals surface area contributed by atoms with Crippen LogP contribution in [0.3, 0.4) is 0 Å². The van der Waals surface area contributed by atoms with Gasteiger partial charge in [0.15, 0.2) is 0 Å². The summed E-state index contributed by atoms with van der Waals surface area (Å²) < 4.78 is 34.9. The molecule has 0 amide bonds. The minimum absolute atomic E-state index is 0.0188. The van der Waals surface area contributed by atoms with E-state index in [2.05, 4.69) is 111 Å². The Morgan fingerprint density at radius 2 is 0.817 bits per heavy atom. The first-order valence-corrected chi connectivity index (χ1v) is 30.4. The van der Waals surface area contributed by atoms with Crippen LogP contribution in [0.2, 0.25) is 0 Å². The van der Waals surface area contributed by atoms with Crippen molar-refractivity contribution in [2.75, 3.05) is 54.1 Å². The van der Waals surface area contributed by atoms with E-state index >= 15 is 0 Å². The van der Waals surface area contributed by atoms with Crippen LogP contribution in [-0.2, 0) is 27.9 Å². The topological polar surface area (TPSA) is 94.1 Å². The van der Waals surface area contributed by atoms with Crippen LogP contribution in [0.25, 0.3) is 0 Å². The average molecular weight is 1010 g/mol. The fourth-order valence-electron chi connectivity index (χ4n) is 7.70. The Kier molecular flexibility index (Phi) is 51.8. The molecule has 0 aliphatic rings. The van der Waals surface area contributed by atoms with Crippen molar-refractivity contribution in [3.8, 4) is 0 Å². The maximum Gasteiger partial charge on any atom is 0.306 e. The molecule has 0 aromatic carbocycles. The summed E-state index contributed by atoms with van der Waals surface area (Å²) in [4.78, 5) is 25.3. The Morgan fingerprint density at radius 1 is 0.451 bits per heavy atom. The van der Waals surface area contributed by atoms with E-state index in [9.17, 15) is 14.3 Å². The molecular formula is C62H110NO7P. The quantitative estimate of drug-likeness (QED) is 0.0197. The van der Waals surface area contributed by atoms with Gasteiger partial charge in [0.2, 0.25) is 0 Å². The molecular weight excluding hydrogens is 902 g/mol. The standard InChI is InChI=1S/C62H110NO7P/c1-6-8-10-12-14-16-18-20-22-24-26-28-30-31-32-34-36-38-40-42-44-46-48-50-52-54-57-67-59-61(60-69-71(65,66)68-58-56-63(3,4)5)70-62(64)55-53-51-49-47-45-43-41-39-37-35-33-29-27-25-23-21-19-17-15-13-11-9-7-2/h8,10,14,16,19-22,25-28,31-33,35,61H,6-7,9,11-13,15,17-18,23-24,29-30,34,36-60H2,1-5H3/b10-8-,16-14-,21-19-,22-20-,27-25-,28-26-,32-31-,35-33-. The van der Waals surface area contributed by atoms with Crippen LogP contribution in [-0.4, -0.2) is 70.7 Å². The molecule has 0 aromatic rings. The number of hydrogen-bond acceptors (Lipinski definition) is 7.